The highest BCUT2D eigenvalue weighted by Gasteiger charge is 2.17. The minimum Gasteiger partial charge on any atom is -0.497 e. The largest absolute Gasteiger partial charge is 0.497 e. The monoisotopic (exact) mass is 342 g/mol. The highest BCUT2D eigenvalue weighted by molar-refractivity contribution is 7.17. The van der Waals surface area contributed by atoms with E-state index in [1.54, 1.807) is 50.4 Å². The van der Waals surface area contributed by atoms with Gasteiger partial charge in [0.2, 0.25) is 5.78 Å². The quantitative estimate of drug-likeness (QED) is 0.690. The third-order valence-corrected chi connectivity index (χ3v) is 4.52. The Kier molecular flexibility index (Phi) is 4.57. The maximum Gasteiger partial charge on any atom is 0.204 e. The van der Waals surface area contributed by atoms with E-state index < -0.39 is 0 Å². The number of hydrogen-bond acceptors (Lipinski definition) is 5. The number of aromatic nitrogens is 1. The maximum atomic E-state index is 12.9. The molecule has 1 heterocycles. The van der Waals surface area contributed by atoms with E-state index in [-0.39, 0.29) is 11.6 Å². The maximum absolute atomic E-state index is 12.9. The first kappa shape index (κ1) is 16.1. The van der Waals surface area contributed by atoms with Crippen molar-refractivity contribution in [3.8, 4) is 5.75 Å². The topological polar surface area (TPSA) is 51.2 Å². The molecule has 0 saturated heterocycles. The second-order valence-corrected chi connectivity index (χ2v) is 6.12. The van der Waals surface area contributed by atoms with Crippen LogP contribution in [0.2, 0.25) is 0 Å². The van der Waals surface area contributed by atoms with E-state index in [0.29, 0.717) is 32.7 Å². The average molecular weight is 342 g/mol. The summed E-state index contributed by atoms with van der Waals surface area (Å²) in [7, 11) is 1.58. The molecule has 0 amide bonds. The number of anilines is 2. The van der Waals surface area contributed by atoms with Crippen molar-refractivity contribution >= 4 is 27.9 Å². The van der Waals surface area contributed by atoms with E-state index in [9.17, 15) is 9.18 Å². The lowest BCUT2D eigenvalue weighted by Gasteiger charge is -2.02. The fraction of sp³-hybridized carbons (Fsp3) is 0.111. The lowest BCUT2D eigenvalue weighted by atomic mass is 10.1. The Morgan fingerprint density at radius 2 is 1.79 bits per heavy atom. The smallest absolute Gasteiger partial charge is 0.204 e. The first-order valence-corrected chi connectivity index (χ1v) is 8.07. The second kappa shape index (κ2) is 6.80. The number of rotatable bonds is 5. The average Bonchev–Trinajstić information content (AvgIpc) is 2.96. The van der Waals surface area contributed by atoms with Crippen LogP contribution in [0.3, 0.4) is 0 Å². The normalized spacial score (nSPS) is 10.5. The molecule has 3 rings (SSSR count). The molecule has 0 atom stereocenters. The SMILES string of the molecule is COc1ccc(C(=O)c2sc(Nc3ccc(F)cc3)nc2C)cc1. The highest BCUT2D eigenvalue weighted by atomic mass is 32.1. The zero-order chi connectivity index (χ0) is 17.1. The predicted octanol–water partition coefficient (Wildman–Crippen LogP) is 4.57. The van der Waals surface area contributed by atoms with Gasteiger partial charge in [-0.2, -0.15) is 0 Å². The van der Waals surface area contributed by atoms with Gasteiger partial charge in [-0.1, -0.05) is 11.3 Å². The van der Waals surface area contributed by atoms with Crippen molar-refractivity contribution in [1.29, 1.82) is 0 Å². The molecule has 0 bridgehead atoms. The third-order valence-electron chi connectivity index (χ3n) is 3.45. The van der Waals surface area contributed by atoms with Gasteiger partial charge in [-0.15, -0.1) is 0 Å². The van der Waals surface area contributed by atoms with Crippen LogP contribution in [0.25, 0.3) is 0 Å². The molecular weight excluding hydrogens is 327 g/mol. The summed E-state index contributed by atoms with van der Waals surface area (Å²) in [5.74, 6) is 0.317. The zero-order valence-corrected chi connectivity index (χ0v) is 14.0. The van der Waals surface area contributed by atoms with Crippen LogP contribution in [0, 0.1) is 12.7 Å². The minimum absolute atomic E-state index is 0.0835. The summed E-state index contributed by atoms with van der Waals surface area (Å²) >= 11 is 1.27. The van der Waals surface area contributed by atoms with Crippen molar-refractivity contribution < 1.29 is 13.9 Å². The van der Waals surface area contributed by atoms with Gasteiger partial charge < -0.3 is 10.1 Å². The van der Waals surface area contributed by atoms with Gasteiger partial charge in [0.05, 0.1) is 17.7 Å². The van der Waals surface area contributed by atoms with Crippen molar-refractivity contribution in [2.75, 3.05) is 12.4 Å². The number of aryl methyl sites for hydroxylation is 1. The van der Waals surface area contributed by atoms with Crippen molar-refractivity contribution in [1.82, 2.24) is 4.98 Å². The van der Waals surface area contributed by atoms with Crippen LogP contribution in [0.15, 0.2) is 48.5 Å². The molecule has 0 radical (unpaired) electrons. The van der Waals surface area contributed by atoms with E-state index in [0.717, 1.165) is 0 Å². The molecule has 4 nitrogen and oxygen atoms in total. The number of nitrogens with one attached hydrogen (secondary N) is 1. The van der Waals surface area contributed by atoms with Crippen LogP contribution in [-0.2, 0) is 0 Å². The fourth-order valence-corrected chi connectivity index (χ4v) is 3.14. The standard InChI is InChI=1S/C18H15FN2O2S/c1-11-17(16(22)12-3-9-15(23-2)10-4-12)24-18(20-11)21-14-7-5-13(19)6-8-14/h3-10H,1-2H3,(H,20,21). The van der Waals surface area contributed by atoms with Gasteiger partial charge in [-0.05, 0) is 55.5 Å². The van der Waals surface area contributed by atoms with Gasteiger partial charge in [0.1, 0.15) is 11.6 Å². The minimum atomic E-state index is -0.300. The van der Waals surface area contributed by atoms with Crippen LogP contribution >= 0.6 is 11.3 Å². The van der Waals surface area contributed by atoms with Gasteiger partial charge in [0, 0.05) is 11.3 Å². The summed E-state index contributed by atoms with van der Waals surface area (Å²) in [6, 6.07) is 12.9. The molecule has 122 valence electrons. The van der Waals surface area contributed by atoms with Crippen molar-refractivity contribution in [2.24, 2.45) is 0 Å². The molecule has 24 heavy (non-hydrogen) atoms. The van der Waals surface area contributed by atoms with Crippen molar-refractivity contribution in [3.05, 3.63) is 70.5 Å². The van der Waals surface area contributed by atoms with E-state index in [1.807, 2.05) is 0 Å². The number of carbonyl (C=O) groups is 1. The Bertz CT molecular complexity index is 858. The van der Waals surface area contributed by atoms with Crippen LogP contribution in [0.5, 0.6) is 5.75 Å². The van der Waals surface area contributed by atoms with E-state index >= 15 is 0 Å². The van der Waals surface area contributed by atoms with E-state index in [2.05, 4.69) is 10.3 Å². The number of halogens is 1. The van der Waals surface area contributed by atoms with E-state index in [4.69, 9.17) is 4.74 Å². The zero-order valence-electron chi connectivity index (χ0n) is 13.2. The summed E-state index contributed by atoms with van der Waals surface area (Å²) in [6.07, 6.45) is 0. The molecule has 1 N–H and O–H groups in total. The van der Waals surface area contributed by atoms with E-state index in [1.165, 1.54) is 23.5 Å². The molecular formula is C18H15FN2O2S. The molecule has 0 unspecified atom stereocenters. The molecule has 0 aliphatic carbocycles. The fourth-order valence-electron chi connectivity index (χ4n) is 2.19. The molecule has 0 saturated carbocycles. The molecule has 0 spiro atoms. The summed E-state index contributed by atoms with van der Waals surface area (Å²) < 4.78 is 18.0. The summed E-state index contributed by atoms with van der Waals surface area (Å²) in [4.78, 5) is 17.6. The number of hydrogen-bond donors (Lipinski definition) is 1. The third kappa shape index (κ3) is 3.44. The van der Waals surface area contributed by atoms with Crippen molar-refractivity contribution in [2.45, 2.75) is 6.92 Å². The molecule has 6 heteroatoms. The molecule has 0 aliphatic rings. The first-order valence-electron chi connectivity index (χ1n) is 7.25. The Balaban J connectivity index is 1.82. The predicted molar refractivity (Wildman–Crippen MR) is 93.0 cm³/mol. The number of benzene rings is 2. The Hall–Kier alpha value is -2.73. The molecule has 3 aromatic rings. The van der Waals surface area contributed by atoms with Gasteiger partial charge in [-0.3, -0.25) is 4.79 Å². The van der Waals surface area contributed by atoms with Gasteiger partial charge in [-0.25, -0.2) is 9.37 Å². The number of methoxy groups -OCH3 is 1. The lowest BCUT2D eigenvalue weighted by Crippen LogP contribution is -2.00. The van der Waals surface area contributed by atoms with Gasteiger partial charge in [0.25, 0.3) is 0 Å². The molecule has 0 aliphatic heterocycles. The Morgan fingerprint density at radius 1 is 1.12 bits per heavy atom. The number of carbonyl (C=O) groups excluding carboxylic acids is 1. The van der Waals surface area contributed by atoms with Gasteiger partial charge in [0.15, 0.2) is 5.13 Å². The Labute approximate surface area is 142 Å². The number of ketones is 1. The molecule has 1 aromatic heterocycles. The molecule has 0 fully saturated rings. The van der Waals surface area contributed by atoms with Crippen LogP contribution < -0.4 is 10.1 Å². The first-order chi connectivity index (χ1) is 11.6. The summed E-state index contributed by atoms with van der Waals surface area (Å²) in [6.45, 7) is 1.79. The Morgan fingerprint density at radius 3 is 2.42 bits per heavy atom. The van der Waals surface area contributed by atoms with Crippen molar-refractivity contribution in [3.63, 3.8) is 0 Å². The lowest BCUT2D eigenvalue weighted by molar-refractivity contribution is 0.104. The van der Waals surface area contributed by atoms with Gasteiger partial charge >= 0.3 is 0 Å². The second-order valence-electron chi connectivity index (χ2n) is 5.12. The summed E-state index contributed by atoms with van der Waals surface area (Å²) in [5.41, 5.74) is 1.95. The highest BCUT2D eigenvalue weighted by Crippen LogP contribution is 2.28. The summed E-state index contributed by atoms with van der Waals surface area (Å²) in [5, 5.41) is 3.68. The van der Waals surface area contributed by atoms with Crippen LogP contribution in [-0.4, -0.2) is 17.9 Å². The van der Waals surface area contributed by atoms with Crippen LogP contribution in [0.1, 0.15) is 20.9 Å². The van der Waals surface area contributed by atoms with Crippen LogP contribution in [0.4, 0.5) is 15.2 Å². The number of nitrogens with zero attached hydrogens (tertiary/aromatic N) is 1. The molecule has 2 aromatic carbocycles. The number of ether oxygens (including phenoxy) is 1. The number of thiazole rings is 1.